The fourth-order valence-corrected chi connectivity index (χ4v) is 5.53. The summed E-state index contributed by atoms with van der Waals surface area (Å²) in [6.45, 7) is 8.84. The van der Waals surface area contributed by atoms with Gasteiger partial charge in [0.15, 0.2) is 0 Å². The molecule has 0 bridgehead atoms. The van der Waals surface area contributed by atoms with Gasteiger partial charge in [0.25, 0.3) is 0 Å². The molecule has 2 N–H and O–H groups in total. The van der Waals surface area contributed by atoms with Gasteiger partial charge < -0.3 is 5.73 Å². The third-order valence-electron chi connectivity index (χ3n) is 4.37. The number of sulfonamides is 1. The Morgan fingerprint density at radius 3 is 2.33 bits per heavy atom. The van der Waals surface area contributed by atoms with Gasteiger partial charge >= 0.3 is 0 Å². The number of nitrogens with two attached hydrogens (primary N) is 1. The molecule has 0 aliphatic carbocycles. The molecule has 21 heavy (non-hydrogen) atoms. The van der Waals surface area contributed by atoms with Crippen LogP contribution in [0, 0.1) is 26.7 Å². The summed E-state index contributed by atoms with van der Waals surface area (Å²) in [4.78, 5) is 0.459. The minimum atomic E-state index is -3.47. The highest BCUT2D eigenvalue weighted by Gasteiger charge is 2.36. The van der Waals surface area contributed by atoms with E-state index in [0.29, 0.717) is 23.9 Å². The lowest BCUT2D eigenvalue weighted by Gasteiger charge is -2.37. The van der Waals surface area contributed by atoms with Crippen molar-refractivity contribution in [1.29, 1.82) is 0 Å². The van der Waals surface area contributed by atoms with Gasteiger partial charge in [0, 0.05) is 19.1 Å². The van der Waals surface area contributed by atoms with Gasteiger partial charge in [-0.25, -0.2) is 8.42 Å². The number of nitrogens with zero attached hydrogens (tertiary/aromatic N) is 1. The zero-order valence-electron chi connectivity index (χ0n) is 13.4. The van der Waals surface area contributed by atoms with Crippen LogP contribution in [0.5, 0.6) is 0 Å². The van der Waals surface area contributed by atoms with Crippen molar-refractivity contribution >= 4 is 10.0 Å². The van der Waals surface area contributed by atoms with Crippen LogP contribution in [0.25, 0.3) is 0 Å². The van der Waals surface area contributed by atoms with Crippen LogP contribution in [0.4, 0.5) is 0 Å². The van der Waals surface area contributed by atoms with Crippen molar-refractivity contribution in [2.45, 2.75) is 51.5 Å². The Balaban J connectivity index is 2.47. The molecule has 1 aromatic rings. The fraction of sp³-hybridized carbons (Fsp3) is 0.625. The van der Waals surface area contributed by atoms with Crippen molar-refractivity contribution in [2.75, 3.05) is 13.1 Å². The summed E-state index contributed by atoms with van der Waals surface area (Å²) in [6.07, 6.45) is 1.75. The Morgan fingerprint density at radius 2 is 1.81 bits per heavy atom. The molecule has 0 amide bonds. The molecule has 1 aliphatic heterocycles. The SMILES string of the molecule is Cc1cc(C)c(S(=O)(=O)N2CCC(C)CC2CN)c(C)c1. The van der Waals surface area contributed by atoms with Crippen LogP contribution in [0.3, 0.4) is 0 Å². The van der Waals surface area contributed by atoms with Gasteiger partial charge in [0.2, 0.25) is 10.0 Å². The van der Waals surface area contributed by atoms with E-state index in [1.165, 1.54) is 0 Å². The summed E-state index contributed by atoms with van der Waals surface area (Å²) < 4.78 is 27.8. The highest BCUT2D eigenvalue weighted by Crippen LogP contribution is 2.31. The van der Waals surface area contributed by atoms with E-state index < -0.39 is 10.0 Å². The van der Waals surface area contributed by atoms with Crippen LogP contribution in [-0.4, -0.2) is 31.9 Å². The average Bonchev–Trinajstić information content (AvgIpc) is 2.36. The van der Waals surface area contributed by atoms with Crippen LogP contribution in [0.15, 0.2) is 17.0 Å². The molecule has 0 spiro atoms. The van der Waals surface area contributed by atoms with E-state index in [-0.39, 0.29) is 6.04 Å². The molecule has 2 rings (SSSR count). The third-order valence-corrected chi connectivity index (χ3v) is 6.63. The monoisotopic (exact) mass is 310 g/mol. The standard InChI is InChI=1S/C16H26N2O2S/c1-11-5-6-18(15(9-11)10-17)21(19,20)16-13(3)7-12(2)8-14(16)4/h7-8,11,15H,5-6,9-10,17H2,1-4H3. The second-order valence-corrected chi connectivity index (χ2v) is 8.19. The molecule has 4 nitrogen and oxygen atoms in total. The van der Waals surface area contributed by atoms with E-state index in [1.54, 1.807) is 4.31 Å². The molecular formula is C16H26N2O2S. The molecule has 0 saturated carbocycles. The molecule has 1 aliphatic rings. The minimum Gasteiger partial charge on any atom is -0.329 e. The van der Waals surface area contributed by atoms with E-state index >= 15 is 0 Å². The zero-order chi connectivity index (χ0) is 15.8. The lowest BCUT2D eigenvalue weighted by atomic mass is 9.94. The molecular weight excluding hydrogens is 284 g/mol. The highest BCUT2D eigenvalue weighted by molar-refractivity contribution is 7.89. The lowest BCUT2D eigenvalue weighted by molar-refractivity contribution is 0.211. The summed E-state index contributed by atoms with van der Waals surface area (Å²) in [5.41, 5.74) is 8.56. The van der Waals surface area contributed by atoms with E-state index in [0.717, 1.165) is 29.5 Å². The fourth-order valence-electron chi connectivity index (χ4n) is 3.45. The molecule has 2 unspecified atom stereocenters. The zero-order valence-corrected chi connectivity index (χ0v) is 14.2. The summed E-state index contributed by atoms with van der Waals surface area (Å²) in [6, 6.07) is 3.78. The Hall–Kier alpha value is -0.910. The van der Waals surface area contributed by atoms with Gasteiger partial charge in [-0.15, -0.1) is 0 Å². The molecule has 1 heterocycles. The first-order valence-corrected chi connectivity index (χ1v) is 9.01. The van der Waals surface area contributed by atoms with E-state index in [2.05, 4.69) is 6.92 Å². The normalized spacial score (nSPS) is 24.2. The van der Waals surface area contributed by atoms with Crippen LogP contribution >= 0.6 is 0 Å². The first-order chi connectivity index (χ1) is 9.77. The number of hydrogen-bond acceptors (Lipinski definition) is 3. The average molecular weight is 310 g/mol. The van der Waals surface area contributed by atoms with Crippen molar-refractivity contribution in [3.8, 4) is 0 Å². The summed E-state index contributed by atoms with van der Waals surface area (Å²) in [5.74, 6) is 0.533. The van der Waals surface area contributed by atoms with Crippen LogP contribution < -0.4 is 5.73 Å². The van der Waals surface area contributed by atoms with E-state index in [9.17, 15) is 8.42 Å². The van der Waals surface area contributed by atoms with Crippen molar-refractivity contribution < 1.29 is 8.42 Å². The molecule has 1 aromatic carbocycles. The molecule has 5 heteroatoms. The van der Waals surface area contributed by atoms with Gasteiger partial charge in [-0.1, -0.05) is 24.6 Å². The lowest BCUT2D eigenvalue weighted by Crippen LogP contribution is -2.49. The number of aryl methyl sites for hydroxylation is 3. The van der Waals surface area contributed by atoms with Crippen molar-refractivity contribution in [2.24, 2.45) is 11.7 Å². The third kappa shape index (κ3) is 3.15. The van der Waals surface area contributed by atoms with Crippen molar-refractivity contribution in [1.82, 2.24) is 4.31 Å². The van der Waals surface area contributed by atoms with Crippen LogP contribution in [0.2, 0.25) is 0 Å². The smallest absolute Gasteiger partial charge is 0.243 e. The van der Waals surface area contributed by atoms with E-state index in [4.69, 9.17) is 5.73 Å². The first kappa shape index (κ1) is 16.5. The number of benzene rings is 1. The summed E-state index contributed by atoms with van der Waals surface area (Å²) in [5, 5.41) is 0. The molecule has 118 valence electrons. The number of rotatable bonds is 3. The van der Waals surface area contributed by atoms with E-state index in [1.807, 2.05) is 32.9 Å². The van der Waals surface area contributed by atoms with Gasteiger partial charge in [-0.3, -0.25) is 0 Å². The maximum absolute atomic E-state index is 13.1. The topological polar surface area (TPSA) is 63.4 Å². The minimum absolute atomic E-state index is 0.0844. The number of piperidine rings is 1. The molecule has 1 saturated heterocycles. The summed E-state index contributed by atoms with van der Waals surface area (Å²) in [7, 11) is -3.47. The molecule has 0 aromatic heterocycles. The Bertz CT molecular complexity index is 602. The van der Waals surface area contributed by atoms with Gasteiger partial charge in [-0.2, -0.15) is 4.31 Å². The van der Waals surface area contributed by atoms with Gasteiger partial charge in [-0.05, 0) is 50.7 Å². The molecule has 1 fully saturated rings. The maximum atomic E-state index is 13.1. The number of hydrogen-bond donors (Lipinski definition) is 1. The Morgan fingerprint density at radius 1 is 1.24 bits per heavy atom. The largest absolute Gasteiger partial charge is 0.329 e. The molecule has 2 atom stereocenters. The predicted molar refractivity (Wildman–Crippen MR) is 85.8 cm³/mol. The van der Waals surface area contributed by atoms with Crippen molar-refractivity contribution in [3.05, 3.63) is 28.8 Å². The second-order valence-electron chi connectivity index (χ2n) is 6.36. The Labute approximate surface area is 128 Å². The predicted octanol–water partition coefficient (Wildman–Crippen LogP) is 2.36. The van der Waals surface area contributed by atoms with Crippen LogP contribution in [0.1, 0.15) is 36.5 Å². The molecule has 0 radical (unpaired) electrons. The van der Waals surface area contributed by atoms with Crippen molar-refractivity contribution in [3.63, 3.8) is 0 Å². The van der Waals surface area contributed by atoms with Crippen LogP contribution in [-0.2, 0) is 10.0 Å². The van der Waals surface area contributed by atoms with Gasteiger partial charge in [0.05, 0.1) is 4.90 Å². The highest BCUT2D eigenvalue weighted by atomic mass is 32.2. The quantitative estimate of drug-likeness (QED) is 0.932. The second kappa shape index (κ2) is 6.07. The first-order valence-electron chi connectivity index (χ1n) is 7.57. The Kier molecular flexibility index (Phi) is 4.76. The maximum Gasteiger partial charge on any atom is 0.243 e. The van der Waals surface area contributed by atoms with Gasteiger partial charge in [0.1, 0.15) is 0 Å². The summed E-state index contributed by atoms with van der Waals surface area (Å²) >= 11 is 0.